The monoisotopic (exact) mass is 1970 g/mol. The van der Waals surface area contributed by atoms with Crippen molar-refractivity contribution in [1.82, 2.24) is 29.8 Å². The zero-order chi connectivity index (χ0) is 103. The van der Waals surface area contributed by atoms with Crippen LogP contribution >= 0.6 is 0 Å². The number of aryl methyl sites for hydroxylation is 1. The van der Waals surface area contributed by atoms with Gasteiger partial charge in [0.05, 0.1) is 52.6 Å². The van der Waals surface area contributed by atoms with E-state index in [-0.39, 0.29) is 110 Å². The van der Waals surface area contributed by atoms with Crippen LogP contribution in [0.4, 0.5) is 24.0 Å². The second kappa shape index (κ2) is 57.4. The van der Waals surface area contributed by atoms with Crippen molar-refractivity contribution in [3.05, 3.63) is 339 Å². The van der Waals surface area contributed by atoms with Crippen molar-refractivity contribution in [3.8, 4) is 17.9 Å². The summed E-state index contributed by atoms with van der Waals surface area (Å²) in [5, 5.41) is 22.6. The van der Waals surface area contributed by atoms with Crippen LogP contribution in [0.3, 0.4) is 0 Å². The maximum absolute atomic E-state index is 12.6. The zero-order valence-corrected chi connectivity index (χ0v) is 84.0. The van der Waals surface area contributed by atoms with Crippen molar-refractivity contribution in [3.63, 3.8) is 0 Å². The van der Waals surface area contributed by atoms with Crippen molar-refractivity contribution in [1.29, 1.82) is 10.5 Å². The van der Waals surface area contributed by atoms with E-state index in [0.717, 1.165) is 133 Å². The highest BCUT2D eigenvalue weighted by Gasteiger charge is 2.48. The largest absolute Gasteiger partial charge is 0.497 e. The van der Waals surface area contributed by atoms with Crippen molar-refractivity contribution in [2.75, 3.05) is 106 Å². The van der Waals surface area contributed by atoms with Gasteiger partial charge in [0.2, 0.25) is 0 Å². The second-order valence-electron chi connectivity index (χ2n) is 37.8. The number of Topliss-reactive ketones (excluding diaryl/α,β-unsaturated/α-hetero) is 2. The van der Waals surface area contributed by atoms with E-state index < -0.39 is 23.3 Å². The number of piperidine rings is 6. The number of hydrogen-bond acceptors (Lipinski definition) is 22. The predicted molar refractivity (Wildman–Crippen MR) is 548 cm³/mol. The van der Waals surface area contributed by atoms with Crippen LogP contribution in [0.1, 0.15) is 176 Å². The lowest BCUT2D eigenvalue weighted by molar-refractivity contribution is -0.151. The maximum Gasteiger partial charge on any atom is 0.410 e. The molecule has 28 nitrogen and oxygen atoms in total. The molecule has 1 N–H and O–H groups in total. The van der Waals surface area contributed by atoms with E-state index in [1.807, 2.05) is 231 Å². The summed E-state index contributed by atoms with van der Waals surface area (Å²) in [7, 11) is 3.08. The molecule has 762 valence electrons. The minimum absolute atomic E-state index is 0.0501. The smallest absolute Gasteiger partial charge is 0.410 e. The number of benzene rings is 9. The molecule has 0 radical (unpaired) electrons. The highest BCUT2D eigenvalue weighted by atomic mass is 16.6. The van der Waals surface area contributed by atoms with Crippen molar-refractivity contribution in [2.45, 2.75) is 176 Å². The Morgan fingerprint density at radius 2 is 0.779 bits per heavy atom. The fourth-order valence-electron chi connectivity index (χ4n) is 19.2. The summed E-state index contributed by atoms with van der Waals surface area (Å²) in [4.78, 5) is 132. The Kier molecular flexibility index (Phi) is 43.7. The highest BCUT2D eigenvalue weighted by Crippen LogP contribution is 2.46. The van der Waals surface area contributed by atoms with Gasteiger partial charge in [-0.25, -0.2) is 28.8 Å². The molecule has 0 aromatic heterocycles. The first-order valence-corrected chi connectivity index (χ1v) is 50.0. The quantitative estimate of drug-likeness (QED) is 0.0240. The molecule has 16 rings (SSSR count). The predicted octanol–water partition coefficient (Wildman–Crippen LogP) is 20.8. The number of rotatable bonds is 25. The van der Waals surface area contributed by atoms with Gasteiger partial charge in [0, 0.05) is 102 Å². The Morgan fingerprint density at radius 3 is 1.18 bits per heavy atom. The van der Waals surface area contributed by atoms with E-state index in [4.69, 9.17) is 49.2 Å². The molecule has 6 fully saturated rings. The van der Waals surface area contributed by atoms with Crippen LogP contribution in [0.5, 0.6) is 5.75 Å². The zero-order valence-electron chi connectivity index (χ0n) is 84.0. The van der Waals surface area contributed by atoms with Gasteiger partial charge in [-0.3, -0.25) is 24.0 Å². The number of hydrogen-bond donors (Lipinski definition) is 1. The van der Waals surface area contributed by atoms with Crippen LogP contribution in [-0.4, -0.2) is 190 Å². The molecule has 28 heteroatoms. The molecule has 1 unspecified atom stereocenters. The number of ketones is 2. The third-order valence-electron chi connectivity index (χ3n) is 27.7. The van der Waals surface area contributed by atoms with Gasteiger partial charge in [0.1, 0.15) is 50.5 Å². The number of nitrogens with one attached hydrogen (secondary N) is 1. The molecule has 1 spiro atoms. The SMILES string of the molecule is CCOC(=O)C(C#N)C1(Cc2ccc(C)cc2)CCN(C(=O)OCc2ccccc2)CC1.COC(=O)CC1(Cc2ccccc2)CCN(C(=O)OCc2ccccc2)CC1.COc1ccc(CC2(CC#N)CCN(C(=O)OCc3ccccc3)CC2)cc1.O=C1CC2(CCNCC2)Cc2ccccc21.O=C1CCN(C(=O)OCc2ccccc2)CC1.[C-]#[N+]C(C(=O)OCC)=C1CCN(C(=O)OCc2ccccc2)CC1. The molecule has 6 aliphatic heterocycles. The topological polar surface area (TPSA) is 334 Å². The lowest BCUT2D eigenvalue weighted by Crippen LogP contribution is -2.49. The van der Waals surface area contributed by atoms with Gasteiger partial charge in [0.15, 0.2) is 5.78 Å². The van der Waals surface area contributed by atoms with E-state index in [1.165, 1.54) is 23.8 Å². The summed E-state index contributed by atoms with van der Waals surface area (Å²) in [6.45, 7) is 21.6. The lowest BCUT2D eigenvalue weighted by Gasteiger charge is -2.43. The molecule has 9 aromatic rings. The summed E-state index contributed by atoms with van der Waals surface area (Å²) in [5.41, 5.74) is 11.8. The molecule has 7 aliphatic rings. The second-order valence-corrected chi connectivity index (χ2v) is 37.8. The van der Waals surface area contributed by atoms with Gasteiger partial charge in [-0.1, -0.05) is 254 Å². The first-order valence-electron chi connectivity index (χ1n) is 50.0. The minimum Gasteiger partial charge on any atom is -0.497 e. The Balaban J connectivity index is 0.000000168. The van der Waals surface area contributed by atoms with Gasteiger partial charge in [-0.2, -0.15) is 10.5 Å². The summed E-state index contributed by atoms with van der Waals surface area (Å²) < 4.78 is 47.1. The Bertz CT molecular complexity index is 5790. The standard InChI is InChI=1S/C26H30N2O4.C23H26N2O3.C23H27NO4.C18H20N2O4.C14H17NO.C13H15NO3/c1-3-31-24(29)23(18-27)26(17-21-11-9-20(2)10-12-21)13-15-28(16-14-26)25(30)32-19-22-7-5-4-6-8-22;1-27-21-9-7-19(8-10-21)17-23(11-14-24)12-15-25(16-13-23)22(26)28-18-20-5-3-2-4-6-20;1-27-21(25)17-23(16-19-8-4-2-5-9-19)12-14-24(15-13-23)22(26)28-18-20-10-6-3-7-11-20;1-3-23-17(21)16(19-2)15-9-11-20(12-10-15)18(22)24-13-14-7-5-4-6-8-14;16-13-10-14(5-7-15-8-6-14)9-11-3-1-2-4-12(11)13;15-12-6-8-14(9-7-12)13(16)17-10-11-4-2-1-3-5-11/h4-12,23H,3,13-17,19H2,1-2H3;2-10H,11-13,15-18H2,1H3;2-11H,12-18H2,1H3;4-8H,3,9-13H2,1H3;1-4,15H,5-10H2;1-5H,6-10H2. The third-order valence-corrected chi connectivity index (χ3v) is 27.7. The van der Waals surface area contributed by atoms with Crippen LogP contribution in [0.25, 0.3) is 4.85 Å². The highest BCUT2D eigenvalue weighted by molar-refractivity contribution is 5.99. The molecule has 6 heterocycles. The molecular formula is C117H135N9O19. The number of fused-ring (bicyclic) bond motifs is 1. The summed E-state index contributed by atoms with van der Waals surface area (Å²) in [5.74, 6) is -0.748. The summed E-state index contributed by atoms with van der Waals surface area (Å²) >= 11 is 0. The van der Waals surface area contributed by atoms with Gasteiger partial charge in [-0.05, 0) is 202 Å². The van der Waals surface area contributed by atoms with Crippen molar-refractivity contribution < 1.29 is 90.6 Å². The molecule has 6 saturated heterocycles. The molecule has 5 amide bonds. The molecular weight excluding hydrogens is 1840 g/mol. The molecule has 145 heavy (non-hydrogen) atoms. The third kappa shape index (κ3) is 34.7. The number of likely N-dealkylation sites (tertiary alicyclic amines) is 5. The minimum atomic E-state index is -0.883. The van der Waals surface area contributed by atoms with Gasteiger partial charge >= 0.3 is 48.4 Å². The molecule has 1 atom stereocenters. The van der Waals surface area contributed by atoms with Crippen molar-refractivity contribution in [2.24, 2.45) is 27.6 Å². The van der Waals surface area contributed by atoms with E-state index in [9.17, 15) is 58.5 Å². The number of methoxy groups -OCH3 is 2. The van der Waals surface area contributed by atoms with Gasteiger partial charge < -0.3 is 72.4 Å². The fourth-order valence-corrected chi connectivity index (χ4v) is 19.2. The first-order chi connectivity index (χ1) is 70.4. The number of amides is 5. The van der Waals surface area contributed by atoms with Crippen LogP contribution < -0.4 is 10.1 Å². The van der Waals surface area contributed by atoms with Crippen molar-refractivity contribution >= 4 is 59.9 Å². The summed E-state index contributed by atoms with van der Waals surface area (Å²) in [6, 6.07) is 86.9. The molecule has 0 bridgehead atoms. The number of carbonyl (C=O) groups is 10. The Morgan fingerprint density at radius 1 is 0.414 bits per heavy atom. The first kappa shape index (κ1) is 110. The number of nitrogens with zero attached hydrogens (tertiary/aromatic N) is 8. The Hall–Kier alpha value is -15.0. The van der Waals surface area contributed by atoms with E-state index in [2.05, 4.69) is 52.6 Å². The number of esters is 3. The average molecular weight is 1970 g/mol. The van der Waals surface area contributed by atoms with E-state index in [1.54, 1.807) is 45.5 Å². The summed E-state index contributed by atoms with van der Waals surface area (Å²) in [6.07, 6.45) is 11.6. The van der Waals surface area contributed by atoms with Gasteiger partial charge in [-0.15, -0.1) is 0 Å². The van der Waals surface area contributed by atoms with Crippen LogP contribution in [0.15, 0.2) is 266 Å². The van der Waals surface area contributed by atoms with E-state index >= 15 is 0 Å². The lowest BCUT2D eigenvalue weighted by atomic mass is 9.65. The number of carbonyl (C=O) groups excluding carboxylic acids is 10. The maximum atomic E-state index is 12.6. The normalized spacial score (nSPS) is 16.2. The van der Waals surface area contributed by atoms with Crippen LogP contribution in [-0.2, 0) is 116 Å². The van der Waals surface area contributed by atoms with Crippen LogP contribution in [0, 0.1) is 63.7 Å². The average Bonchev–Trinajstić information content (AvgIpc) is 0.783. The molecule has 1 aliphatic carbocycles. The van der Waals surface area contributed by atoms with Gasteiger partial charge in [0.25, 0.3) is 5.70 Å². The molecule has 9 aromatic carbocycles. The number of ether oxygens (including phenoxy) is 9. The number of nitriles is 2. The molecule has 0 saturated carbocycles. The Labute approximate surface area is 852 Å². The fraction of sp³-hybridized carbons (Fsp3) is 0.410. The van der Waals surface area contributed by atoms with Crippen LogP contribution in [0.2, 0.25) is 0 Å². The van der Waals surface area contributed by atoms with E-state index in [0.29, 0.717) is 129 Å².